The van der Waals surface area contributed by atoms with Crippen molar-refractivity contribution in [3.63, 3.8) is 0 Å². The minimum atomic E-state index is -4.35. The second-order valence-corrected chi connectivity index (χ2v) is 5.43. The van der Waals surface area contributed by atoms with E-state index in [1.54, 1.807) is 12.1 Å². The first-order chi connectivity index (χ1) is 12.0. The van der Waals surface area contributed by atoms with E-state index in [0.717, 1.165) is 23.3 Å². The number of hydrogen-bond acceptors (Lipinski definition) is 3. The highest BCUT2D eigenvalue weighted by Gasteiger charge is 2.29. The van der Waals surface area contributed by atoms with Crippen molar-refractivity contribution in [2.45, 2.75) is 19.1 Å². The Bertz CT molecular complexity index is 840. The summed E-state index contributed by atoms with van der Waals surface area (Å²) < 4.78 is 50.3. The molecule has 0 aliphatic rings. The molecule has 0 aliphatic heterocycles. The van der Waals surface area contributed by atoms with Gasteiger partial charge in [0.1, 0.15) is 6.67 Å². The molecule has 130 valence electrons. The Hall–Kier alpha value is -2.77. The van der Waals surface area contributed by atoms with E-state index in [9.17, 15) is 17.6 Å². The predicted octanol–water partition coefficient (Wildman–Crippen LogP) is 3.92. The summed E-state index contributed by atoms with van der Waals surface area (Å²) in [6.45, 7) is -0.572. The van der Waals surface area contributed by atoms with Crippen LogP contribution in [0.3, 0.4) is 0 Å². The molecule has 0 radical (unpaired) electrons. The lowest BCUT2D eigenvalue weighted by Gasteiger charge is -2.09. The summed E-state index contributed by atoms with van der Waals surface area (Å²) in [6.07, 6.45) is -3.93. The lowest BCUT2D eigenvalue weighted by molar-refractivity contribution is -0.137. The van der Waals surface area contributed by atoms with Crippen LogP contribution in [0.25, 0.3) is 11.4 Å². The molecule has 4 nitrogen and oxygen atoms in total. The third-order valence-electron chi connectivity index (χ3n) is 3.67. The third-order valence-corrected chi connectivity index (χ3v) is 3.67. The van der Waals surface area contributed by atoms with Crippen LogP contribution < -0.4 is 0 Å². The number of aryl methyl sites for hydroxylation is 1. The van der Waals surface area contributed by atoms with Crippen LogP contribution in [0.15, 0.2) is 48.5 Å². The molecular formula is C17H14F4N4. The Kier molecular flexibility index (Phi) is 4.78. The van der Waals surface area contributed by atoms with Gasteiger partial charge in [0.2, 0.25) is 5.82 Å². The van der Waals surface area contributed by atoms with Gasteiger partial charge in [-0.25, -0.2) is 4.39 Å². The molecule has 25 heavy (non-hydrogen) atoms. The van der Waals surface area contributed by atoms with Crippen molar-refractivity contribution >= 4 is 0 Å². The van der Waals surface area contributed by atoms with Crippen LogP contribution in [0.1, 0.15) is 16.7 Å². The maximum absolute atomic E-state index is 12.6. The summed E-state index contributed by atoms with van der Waals surface area (Å²) in [5.74, 6) is 0.357. The van der Waals surface area contributed by atoms with Gasteiger partial charge in [0, 0.05) is 5.56 Å². The van der Waals surface area contributed by atoms with E-state index in [2.05, 4.69) is 15.4 Å². The molecule has 0 saturated heterocycles. The Labute approximate surface area is 141 Å². The standard InChI is InChI=1S/C17H14F4N4/c18-9-10-25-23-16(22-24-25)15-4-2-1-3-13(15)11-12-5-7-14(8-6-12)17(19,20)21/h1-8H,9-11H2. The van der Waals surface area contributed by atoms with Gasteiger partial charge in [-0.1, -0.05) is 36.4 Å². The average Bonchev–Trinajstić information content (AvgIpc) is 3.04. The molecule has 0 saturated carbocycles. The molecule has 1 aromatic heterocycles. The summed E-state index contributed by atoms with van der Waals surface area (Å²) >= 11 is 0. The molecule has 0 spiro atoms. The number of hydrogen-bond donors (Lipinski definition) is 0. The van der Waals surface area contributed by atoms with E-state index in [1.165, 1.54) is 16.9 Å². The summed E-state index contributed by atoms with van der Waals surface area (Å²) in [7, 11) is 0. The Morgan fingerprint density at radius 2 is 1.68 bits per heavy atom. The molecular weight excluding hydrogens is 336 g/mol. The van der Waals surface area contributed by atoms with E-state index < -0.39 is 18.4 Å². The van der Waals surface area contributed by atoms with Gasteiger partial charge in [-0.2, -0.15) is 18.0 Å². The van der Waals surface area contributed by atoms with E-state index in [-0.39, 0.29) is 6.54 Å². The monoisotopic (exact) mass is 350 g/mol. The summed E-state index contributed by atoms with van der Waals surface area (Å²) in [5, 5.41) is 11.8. The van der Waals surface area contributed by atoms with Crippen LogP contribution in [-0.2, 0) is 19.1 Å². The zero-order valence-corrected chi connectivity index (χ0v) is 13.0. The SMILES string of the molecule is FCCn1nnc(-c2ccccc2Cc2ccc(C(F)(F)F)cc2)n1. The Morgan fingerprint density at radius 3 is 2.36 bits per heavy atom. The molecule has 0 amide bonds. The smallest absolute Gasteiger partial charge is 0.249 e. The minimum Gasteiger partial charge on any atom is -0.249 e. The molecule has 0 bridgehead atoms. The number of rotatable bonds is 5. The average molecular weight is 350 g/mol. The number of alkyl halides is 4. The van der Waals surface area contributed by atoms with Gasteiger partial charge in [-0.3, -0.25) is 0 Å². The minimum absolute atomic E-state index is 0.0219. The van der Waals surface area contributed by atoms with Gasteiger partial charge >= 0.3 is 6.18 Å². The molecule has 3 aromatic rings. The van der Waals surface area contributed by atoms with Gasteiger partial charge in [-0.15, -0.1) is 10.2 Å². The number of aromatic nitrogens is 4. The van der Waals surface area contributed by atoms with Crippen LogP contribution in [0.5, 0.6) is 0 Å². The lowest BCUT2D eigenvalue weighted by Crippen LogP contribution is -2.04. The molecule has 3 rings (SSSR count). The number of halogens is 4. The molecule has 0 N–H and O–H groups in total. The van der Waals surface area contributed by atoms with Crippen molar-refractivity contribution in [2.24, 2.45) is 0 Å². The number of nitrogens with zero attached hydrogens (tertiary/aromatic N) is 4. The van der Waals surface area contributed by atoms with Crippen molar-refractivity contribution in [1.29, 1.82) is 0 Å². The van der Waals surface area contributed by atoms with Gasteiger partial charge < -0.3 is 0 Å². The molecule has 2 aromatic carbocycles. The molecule has 0 unspecified atom stereocenters. The normalized spacial score (nSPS) is 11.7. The van der Waals surface area contributed by atoms with Crippen LogP contribution in [0.2, 0.25) is 0 Å². The van der Waals surface area contributed by atoms with Crippen LogP contribution in [0, 0.1) is 0 Å². The van der Waals surface area contributed by atoms with E-state index in [4.69, 9.17) is 0 Å². The summed E-state index contributed by atoms with van der Waals surface area (Å²) in [6, 6.07) is 12.3. The van der Waals surface area contributed by atoms with Crippen molar-refractivity contribution < 1.29 is 17.6 Å². The predicted molar refractivity (Wildman–Crippen MR) is 83.5 cm³/mol. The molecule has 1 heterocycles. The molecule has 0 aliphatic carbocycles. The highest BCUT2D eigenvalue weighted by molar-refractivity contribution is 5.60. The largest absolute Gasteiger partial charge is 0.416 e. The molecule has 8 heteroatoms. The fourth-order valence-corrected chi connectivity index (χ4v) is 2.45. The van der Waals surface area contributed by atoms with Crippen LogP contribution in [-0.4, -0.2) is 26.9 Å². The highest BCUT2D eigenvalue weighted by Crippen LogP contribution is 2.30. The zero-order valence-electron chi connectivity index (χ0n) is 13.0. The number of tetrazole rings is 1. The van der Waals surface area contributed by atoms with Crippen molar-refractivity contribution in [1.82, 2.24) is 20.2 Å². The second kappa shape index (κ2) is 7.00. The van der Waals surface area contributed by atoms with Gasteiger partial charge in [0.15, 0.2) is 0 Å². The van der Waals surface area contributed by atoms with E-state index >= 15 is 0 Å². The fraction of sp³-hybridized carbons (Fsp3) is 0.235. The van der Waals surface area contributed by atoms with Crippen molar-refractivity contribution in [3.05, 3.63) is 65.2 Å². The first kappa shape index (κ1) is 17.1. The van der Waals surface area contributed by atoms with Crippen LogP contribution in [0.4, 0.5) is 17.6 Å². The van der Waals surface area contributed by atoms with Crippen LogP contribution >= 0.6 is 0 Å². The van der Waals surface area contributed by atoms with E-state index in [0.29, 0.717) is 17.8 Å². The van der Waals surface area contributed by atoms with Gasteiger partial charge in [0.25, 0.3) is 0 Å². The van der Waals surface area contributed by atoms with Gasteiger partial charge in [-0.05, 0) is 34.9 Å². The zero-order chi connectivity index (χ0) is 17.9. The van der Waals surface area contributed by atoms with Crippen molar-refractivity contribution in [2.75, 3.05) is 6.67 Å². The number of benzene rings is 2. The molecule has 0 fully saturated rings. The quantitative estimate of drug-likeness (QED) is 0.655. The first-order valence-electron chi connectivity index (χ1n) is 7.55. The first-order valence-corrected chi connectivity index (χ1v) is 7.55. The summed E-state index contributed by atoms with van der Waals surface area (Å²) in [4.78, 5) is 1.17. The maximum Gasteiger partial charge on any atom is 0.416 e. The van der Waals surface area contributed by atoms with Gasteiger partial charge in [0.05, 0.1) is 12.1 Å². The lowest BCUT2D eigenvalue weighted by atomic mass is 9.98. The topological polar surface area (TPSA) is 43.6 Å². The Balaban J connectivity index is 1.85. The third kappa shape index (κ3) is 4.01. The fourth-order valence-electron chi connectivity index (χ4n) is 2.45. The molecule has 0 atom stereocenters. The highest BCUT2D eigenvalue weighted by atomic mass is 19.4. The summed E-state index contributed by atoms with van der Waals surface area (Å²) in [5.41, 5.74) is 1.62. The van der Waals surface area contributed by atoms with Crippen molar-refractivity contribution in [3.8, 4) is 11.4 Å². The Morgan fingerprint density at radius 1 is 0.960 bits per heavy atom. The second-order valence-electron chi connectivity index (χ2n) is 5.43. The maximum atomic E-state index is 12.6. The van der Waals surface area contributed by atoms with E-state index in [1.807, 2.05) is 12.1 Å².